The fourth-order valence-corrected chi connectivity index (χ4v) is 2.49. The zero-order valence-electron chi connectivity index (χ0n) is 15.4. The maximum Gasteiger partial charge on any atom is 0.338 e. The van der Waals surface area contributed by atoms with E-state index in [9.17, 15) is 14.9 Å². The number of ether oxygens (including phenoxy) is 2. The number of benzene rings is 2. The molecular formula is C20H18N2O6. The Labute approximate surface area is 160 Å². The quantitative estimate of drug-likeness (QED) is 0.340. The zero-order valence-corrected chi connectivity index (χ0v) is 15.4. The van der Waals surface area contributed by atoms with Crippen LogP contribution in [0.3, 0.4) is 0 Å². The third-order valence-electron chi connectivity index (χ3n) is 3.89. The van der Waals surface area contributed by atoms with E-state index in [0.29, 0.717) is 11.6 Å². The maximum absolute atomic E-state index is 12.2. The van der Waals surface area contributed by atoms with Crippen molar-refractivity contribution in [3.05, 3.63) is 75.7 Å². The molecule has 0 amide bonds. The third-order valence-corrected chi connectivity index (χ3v) is 3.89. The molecule has 0 spiro atoms. The van der Waals surface area contributed by atoms with E-state index in [-0.39, 0.29) is 30.2 Å². The molecule has 8 nitrogen and oxygen atoms in total. The van der Waals surface area contributed by atoms with Crippen LogP contribution in [-0.4, -0.2) is 22.5 Å². The summed E-state index contributed by atoms with van der Waals surface area (Å²) in [5, 5.41) is 11.2. The van der Waals surface area contributed by atoms with Crippen molar-refractivity contribution in [2.24, 2.45) is 0 Å². The first-order valence-electron chi connectivity index (χ1n) is 8.57. The summed E-state index contributed by atoms with van der Waals surface area (Å²) in [6.07, 6.45) is 1.41. The van der Waals surface area contributed by atoms with Crippen molar-refractivity contribution in [1.29, 1.82) is 0 Å². The third kappa shape index (κ3) is 4.35. The van der Waals surface area contributed by atoms with Gasteiger partial charge in [0.2, 0.25) is 5.89 Å². The van der Waals surface area contributed by atoms with E-state index >= 15 is 0 Å². The van der Waals surface area contributed by atoms with Gasteiger partial charge in [0.1, 0.15) is 18.6 Å². The van der Waals surface area contributed by atoms with E-state index in [2.05, 4.69) is 4.98 Å². The number of rotatable bonds is 7. The topological polar surface area (TPSA) is 105 Å². The van der Waals surface area contributed by atoms with Crippen LogP contribution in [0.2, 0.25) is 0 Å². The van der Waals surface area contributed by atoms with Crippen LogP contribution in [0.4, 0.5) is 5.69 Å². The molecular weight excluding hydrogens is 364 g/mol. The lowest BCUT2D eigenvalue weighted by Crippen LogP contribution is -2.07. The van der Waals surface area contributed by atoms with Gasteiger partial charge in [0.15, 0.2) is 5.75 Å². The second kappa shape index (κ2) is 8.34. The fourth-order valence-electron chi connectivity index (χ4n) is 2.49. The number of nitro groups is 1. The van der Waals surface area contributed by atoms with Crippen LogP contribution in [0.5, 0.6) is 5.75 Å². The van der Waals surface area contributed by atoms with E-state index < -0.39 is 10.9 Å². The van der Waals surface area contributed by atoms with Crippen LogP contribution in [0.25, 0.3) is 11.5 Å². The van der Waals surface area contributed by atoms with Crippen molar-refractivity contribution in [2.75, 3.05) is 6.61 Å². The van der Waals surface area contributed by atoms with Gasteiger partial charge in [0.25, 0.3) is 0 Å². The molecule has 3 rings (SSSR count). The predicted octanol–water partition coefficient (Wildman–Crippen LogP) is 4.31. The van der Waals surface area contributed by atoms with Gasteiger partial charge in [-0.05, 0) is 38.1 Å². The highest BCUT2D eigenvalue weighted by atomic mass is 16.6. The van der Waals surface area contributed by atoms with Crippen LogP contribution in [0.1, 0.15) is 28.5 Å². The highest BCUT2D eigenvalue weighted by Crippen LogP contribution is 2.28. The smallest absolute Gasteiger partial charge is 0.338 e. The number of carbonyl (C=O) groups excluding carboxylic acids is 1. The Morgan fingerprint density at radius 2 is 1.96 bits per heavy atom. The van der Waals surface area contributed by atoms with Crippen molar-refractivity contribution < 1.29 is 23.6 Å². The number of hydrogen-bond acceptors (Lipinski definition) is 7. The van der Waals surface area contributed by atoms with Crippen molar-refractivity contribution in [3.8, 4) is 17.2 Å². The van der Waals surface area contributed by atoms with E-state index in [1.807, 2.05) is 31.2 Å². The summed E-state index contributed by atoms with van der Waals surface area (Å²) in [5.41, 5.74) is 2.13. The average molecular weight is 382 g/mol. The van der Waals surface area contributed by atoms with Crippen molar-refractivity contribution in [1.82, 2.24) is 4.98 Å². The van der Waals surface area contributed by atoms with Crippen molar-refractivity contribution in [3.63, 3.8) is 0 Å². The highest BCUT2D eigenvalue weighted by Gasteiger charge is 2.19. The first-order valence-corrected chi connectivity index (χ1v) is 8.57. The molecule has 28 heavy (non-hydrogen) atoms. The van der Waals surface area contributed by atoms with Gasteiger partial charge in [-0.15, -0.1) is 0 Å². The summed E-state index contributed by atoms with van der Waals surface area (Å²) >= 11 is 0. The predicted molar refractivity (Wildman–Crippen MR) is 100 cm³/mol. The summed E-state index contributed by atoms with van der Waals surface area (Å²) in [7, 11) is 0. The number of aromatic nitrogens is 1. The first kappa shape index (κ1) is 19.1. The average Bonchev–Trinajstić information content (AvgIpc) is 3.16. The lowest BCUT2D eigenvalue weighted by Gasteiger charge is -2.06. The number of nitro benzene ring substituents is 1. The van der Waals surface area contributed by atoms with Crippen LogP contribution < -0.4 is 4.74 Å². The van der Waals surface area contributed by atoms with Crippen molar-refractivity contribution in [2.45, 2.75) is 20.5 Å². The lowest BCUT2D eigenvalue weighted by atomic mass is 10.1. The van der Waals surface area contributed by atoms with E-state index in [1.165, 1.54) is 18.4 Å². The molecule has 0 atom stereocenters. The minimum absolute atomic E-state index is 0.0532. The van der Waals surface area contributed by atoms with Gasteiger partial charge in [-0.1, -0.05) is 17.7 Å². The summed E-state index contributed by atoms with van der Waals surface area (Å²) in [6.45, 7) is 3.86. The molecule has 0 saturated carbocycles. The second-order valence-corrected chi connectivity index (χ2v) is 5.96. The monoisotopic (exact) mass is 382 g/mol. The van der Waals surface area contributed by atoms with Gasteiger partial charge in [-0.3, -0.25) is 10.1 Å². The standard InChI is InChI=1S/C20H18N2O6/c1-3-26-18-9-8-15(10-17(18)22(24)25)20(23)28-12-16-11-27-19(21-16)14-6-4-13(2)5-7-14/h4-11H,3,12H2,1-2H3. The molecule has 0 aliphatic heterocycles. The van der Waals surface area contributed by atoms with Crippen LogP contribution in [0.15, 0.2) is 53.1 Å². The molecule has 144 valence electrons. The largest absolute Gasteiger partial charge is 0.487 e. The van der Waals surface area contributed by atoms with Gasteiger partial charge in [-0.25, -0.2) is 9.78 Å². The SMILES string of the molecule is CCOc1ccc(C(=O)OCc2coc(-c3ccc(C)cc3)n2)cc1[N+](=O)[O-]. The summed E-state index contributed by atoms with van der Waals surface area (Å²) in [4.78, 5) is 27.1. The zero-order chi connectivity index (χ0) is 20.1. The molecule has 0 saturated heterocycles. The normalized spacial score (nSPS) is 10.5. The number of oxazole rings is 1. The molecule has 0 bridgehead atoms. The maximum atomic E-state index is 12.2. The molecule has 1 aromatic heterocycles. The molecule has 0 aliphatic carbocycles. The number of hydrogen-bond donors (Lipinski definition) is 0. The van der Waals surface area contributed by atoms with Gasteiger partial charge in [-0.2, -0.15) is 0 Å². The van der Waals surface area contributed by atoms with Crippen LogP contribution in [0, 0.1) is 17.0 Å². The van der Waals surface area contributed by atoms with Gasteiger partial charge >= 0.3 is 11.7 Å². The molecule has 0 radical (unpaired) electrons. The summed E-state index contributed by atoms with van der Waals surface area (Å²) in [5.74, 6) is -0.183. The summed E-state index contributed by atoms with van der Waals surface area (Å²) in [6, 6.07) is 11.6. The minimum Gasteiger partial charge on any atom is -0.487 e. The van der Waals surface area contributed by atoms with Gasteiger partial charge in [0.05, 0.1) is 17.1 Å². The Morgan fingerprint density at radius 3 is 2.64 bits per heavy atom. The molecule has 0 fully saturated rings. The molecule has 1 heterocycles. The van der Waals surface area contributed by atoms with Crippen molar-refractivity contribution >= 4 is 11.7 Å². The Kier molecular flexibility index (Phi) is 5.69. The Balaban J connectivity index is 1.68. The molecule has 2 aromatic carbocycles. The minimum atomic E-state index is -0.703. The number of esters is 1. The Hall–Kier alpha value is -3.68. The summed E-state index contributed by atoms with van der Waals surface area (Å²) < 4.78 is 15.8. The molecule has 8 heteroatoms. The van der Waals surface area contributed by atoms with Gasteiger partial charge < -0.3 is 13.9 Å². The first-order chi connectivity index (χ1) is 13.5. The molecule has 0 aliphatic rings. The Bertz CT molecular complexity index is 994. The fraction of sp³-hybridized carbons (Fsp3) is 0.200. The Morgan fingerprint density at radius 1 is 1.21 bits per heavy atom. The number of aryl methyl sites for hydroxylation is 1. The second-order valence-electron chi connectivity index (χ2n) is 5.96. The molecule has 0 N–H and O–H groups in total. The van der Waals surface area contributed by atoms with Crippen LogP contribution in [-0.2, 0) is 11.3 Å². The lowest BCUT2D eigenvalue weighted by molar-refractivity contribution is -0.385. The molecule has 3 aromatic rings. The highest BCUT2D eigenvalue weighted by molar-refractivity contribution is 5.90. The van der Waals surface area contributed by atoms with Gasteiger partial charge in [0, 0.05) is 11.6 Å². The number of nitrogens with zero attached hydrogens (tertiary/aromatic N) is 2. The number of carbonyl (C=O) groups is 1. The van der Waals surface area contributed by atoms with E-state index in [1.54, 1.807) is 6.92 Å². The van der Waals surface area contributed by atoms with E-state index in [0.717, 1.165) is 17.2 Å². The van der Waals surface area contributed by atoms with Crippen LogP contribution >= 0.6 is 0 Å². The van der Waals surface area contributed by atoms with E-state index in [4.69, 9.17) is 13.9 Å². The molecule has 0 unspecified atom stereocenters.